The van der Waals surface area contributed by atoms with Gasteiger partial charge in [0.05, 0.1) is 12.4 Å². The van der Waals surface area contributed by atoms with Crippen molar-refractivity contribution < 1.29 is 5.11 Å². The monoisotopic (exact) mass is 266 g/mol. The number of aliphatic hydroxyl groups is 1. The summed E-state index contributed by atoms with van der Waals surface area (Å²) in [5, 5.41) is 12.4. The summed E-state index contributed by atoms with van der Waals surface area (Å²) in [6.07, 6.45) is 7.49. The largest absolute Gasteiger partial charge is 0.396 e. The molecule has 0 saturated heterocycles. The van der Waals surface area contributed by atoms with E-state index >= 15 is 0 Å². The van der Waals surface area contributed by atoms with Crippen molar-refractivity contribution in [3.05, 3.63) is 18.1 Å². The van der Waals surface area contributed by atoms with Crippen molar-refractivity contribution in [1.29, 1.82) is 0 Å². The van der Waals surface area contributed by atoms with Crippen molar-refractivity contribution >= 4 is 23.0 Å². The van der Waals surface area contributed by atoms with Gasteiger partial charge in [0.25, 0.3) is 0 Å². The maximum Gasteiger partial charge on any atom is 0.144 e. The first-order chi connectivity index (χ1) is 8.69. The van der Waals surface area contributed by atoms with Crippen LogP contribution in [0.25, 0.3) is 0 Å². The van der Waals surface area contributed by atoms with Gasteiger partial charge in [-0.3, -0.25) is 0 Å². The van der Waals surface area contributed by atoms with Crippen molar-refractivity contribution in [2.45, 2.75) is 31.7 Å². The van der Waals surface area contributed by atoms with Crippen molar-refractivity contribution in [3.8, 4) is 0 Å². The average Bonchev–Trinajstić information content (AvgIpc) is 2.40. The van der Waals surface area contributed by atoms with E-state index in [-0.39, 0.29) is 4.99 Å². The number of hydrogen-bond acceptors (Lipinski definition) is 5. The summed E-state index contributed by atoms with van der Waals surface area (Å²) in [7, 11) is 0. The Morgan fingerprint density at radius 3 is 2.56 bits per heavy atom. The fraction of sp³-hybridized carbons (Fsp3) is 0.583. The molecule has 1 aliphatic carbocycles. The van der Waals surface area contributed by atoms with Crippen LogP contribution in [0.5, 0.6) is 0 Å². The molecule has 98 valence electrons. The van der Waals surface area contributed by atoms with Gasteiger partial charge in [-0.05, 0) is 31.6 Å². The zero-order chi connectivity index (χ0) is 13.0. The highest BCUT2D eigenvalue weighted by atomic mass is 32.1. The number of nitrogens with zero attached hydrogens (tertiary/aromatic N) is 2. The summed E-state index contributed by atoms with van der Waals surface area (Å²) >= 11 is 4.82. The SMILES string of the molecule is NC(=S)c1cnc(NC2CCC(CO)CC2)cn1. The molecule has 1 fully saturated rings. The lowest BCUT2D eigenvalue weighted by Crippen LogP contribution is -2.27. The zero-order valence-corrected chi connectivity index (χ0v) is 11.0. The van der Waals surface area contributed by atoms with Crippen molar-refractivity contribution in [2.75, 3.05) is 11.9 Å². The van der Waals surface area contributed by atoms with Gasteiger partial charge in [-0.1, -0.05) is 12.2 Å². The third-order valence-electron chi connectivity index (χ3n) is 3.36. The van der Waals surface area contributed by atoms with E-state index in [1.165, 1.54) is 0 Å². The highest BCUT2D eigenvalue weighted by molar-refractivity contribution is 7.80. The molecule has 0 radical (unpaired) electrons. The van der Waals surface area contributed by atoms with E-state index in [1.54, 1.807) is 12.4 Å². The smallest absolute Gasteiger partial charge is 0.144 e. The second kappa shape index (κ2) is 6.06. The molecule has 0 spiro atoms. The maximum atomic E-state index is 9.08. The van der Waals surface area contributed by atoms with Crippen LogP contribution in [0, 0.1) is 5.92 Å². The van der Waals surface area contributed by atoms with E-state index in [2.05, 4.69) is 15.3 Å². The van der Waals surface area contributed by atoms with E-state index in [4.69, 9.17) is 23.1 Å². The maximum absolute atomic E-state index is 9.08. The van der Waals surface area contributed by atoms with Gasteiger partial charge in [-0.15, -0.1) is 0 Å². The molecule has 2 rings (SSSR count). The summed E-state index contributed by atoms with van der Waals surface area (Å²) in [5.74, 6) is 1.22. The molecular weight excluding hydrogens is 248 g/mol. The third-order valence-corrected chi connectivity index (χ3v) is 3.57. The predicted molar refractivity (Wildman–Crippen MR) is 74.4 cm³/mol. The lowest BCUT2D eigenvalue weighted by Gasteiger charge is -2.28. The lowest BCUT2D eigenvalue weighted by atomic mass is 9.86. The molecule has 18 heavy (non-hydrogen) atoms. The second-order valence-electron chi connectivity index (χ2n) is 4.70. The number of aromatic nitrogens is 2. The van der Waals surface area contributed by atoms with E-state index in [0.29, 0.717) is 24.3 Å². The third kappa shape index (κ3) is 3.36. The fourth-order valence-corrected chi connectivity index (χ4v) is 2.33. The van der Waals surface area contributed by atoms with Crippen LogP contribution < -0.4 is 11.1 Å². The van der Waals surface area contributed by atoms with Crippen LogP contribution in [0.1, 0.15) is 31.4 Å². The van der Waals surface area contributed by atoms with Crippen LogP contribution in [0.2, 0.25) is 0 Å². The van der Waals surface area contributed by atoms with Gasteiger partial charge >= 0.3 is 0 Å². The Morgan fingerprint density at radius 1 is 1.33 bits per heavy atom. The molecule has 0 unspecified atom stereocenters. The first kappa shape index (κ1) is 13.2. The van der Waals surface area contributed by atoms with Crippen molar-refractivity contribution in [2.24, 2.45) is 11.7 Å². The summed E-state index contributed by atoms with van der Waals surface area (Å²) in [6, 6.07) is 0.415. The van der Waals surface area contributed by atoms with Gasteiger partial charge in [0, 0.05) is 12.6 Å². The normalized spacial score (nSPS) is 23.6. The second-order valence-corrected chi connectivity index (χ2v) is 5.14. The molecule has 0 aromatic carbocycles. The molecule has 0 atom stereocenters. The quantitative estimate of drug-likeness (QED) is 0.707. The Hall–Kier alpha value is -1.27. The summed E-state index contributed by atoms with van der Waals surface area (Å²) < 4.78 is 0. The molecule has 1 saturated carbocycles. The van der Waals surface area contributed by atoms with Crippen LogP contribution in [-0.4, -0.2) is 32.7 Å². The Kier molecular flexibility index (Phi) is 4.43. The van der Waals surface area contributed by atoms with Crippen molar-refractivity contribution in [1.82, 2.24) is 9.97 Å². The minimum absolute atomic E-state index is 0.262. The van der Waals surface area contributed by atoms with Gasteiger partial charge in [0.2, 0.25) is 0 Å². The number of aliphatic hydroxyl groups excluding tert-OH is 1. The number of hydrogen-bond donors (Lipinski definition) is 3. The zero-order valence-electron chi connectivity index (χ0n) is 10.2. The highest BCUT2D eigenvalue weighted by Gasteiger charge is 2.20. The minimum Gasteiger partial charge on any atom is -0.396 e. The Balaban J connectivity index is 1.88. The van der Waals surface area contributed by atoms with Crippen LogP contribution in [-0.2, 0) is 0 Å². The Labute approximate surface area is 112 Å². The summed E-state index contributed by atoms with van der Waals surface area (Å²) in [5.41, 5.74) is 6.00. The topological polar surface area (TPSA) is 84.1 Å². The molecule has 5 nitrogen and oxygen atoms in total. The van der Waals surface area contributed by atoms with Gasteiger partial charge in [0.1, 0.15) is 16.5 Å². The molecule has 6 heteroatoms. The van der Waals surface area contributed by atoms with E-state index in [0.717, 1.165) is 31.5 Å². The molecule has 1 aromatic heterocycles. The van der Waals surface area contributed by atoms with Gasteiger partial charge in [-0.25, -0.2) is 9.97 Å². The predicted octanol–water partition coefficient (Wildman–Crippen LogP) is 1.07. The Bertz CT molecular complexity index is 401. The Morgan fingerprint density at radius 2 is 2.06 bits per heavy atom. The molecule has 1 heterocycles. The highest BCUT2D eigenvalue weighted by Crippen LogP contribution is 2.25. The van der Waals surface area contributed by atoms with Crippen LogP contribution in [0.15, 0.2) is 12.4 Å². The average molecular weight is 266 g/mol. The molecule has 0 aliphatic heterocycles. The van der Waals surface area contributed by atoms with Crippen LogP contribution >= 0.6 is 12.2 Å². The first-order valence-corrected chi connectivity index (χ1v) is 6.59. The molecule has 1 aliphatic rings. The first-order valence-electron chi connectivity index (χ1n) is 6.18. The lowest BCUT2D eigenvalue weighted by molar-refractivity contribution is 0.185. The van der Waals surface area contributed by atoms with Gasteiger partial charge in [0.15, 0.2) is 0 Å². The number of nitrogens with two attached hydrogens (primary N) is 1. The molecular formula is C12H18N4OS. The summed E-state index contributed by atoms with van der Waals surface area (Å²) in [6.45, 7) is 0.301. The van der Waals surface area contributed by atoms with Crippen LogP contribution in [0.4, 0.5) is 5.82 Å². The standard InChI is InChI=1S/C12H18N4OS/c13-12(18)10-5-15-11(6-14-10)16-9-3-1-8(7-17)2-4-9/h5-6,8-9,17H,1-4,7H2,(H2,13,18)(H,15,16). The van der Waals surface area contributed by atoms with E-state index in [1.807, 2.05) is 0 Å². The molecule has 0 bridgehead atoms. The number of anilines is 1. The van der Waals surface area contributed by atoms with E-state index in [9.17, 15) is 0 Å². The number of nitrogens with one attached hydrogen (secondary N) is 1. The molecule has 4 N–H and O–H groups in total. The fourth-order valence-electron chi connectivity index (χ4n) is 2.23. The number of thiocarbonyl (C=S) groups is 1. The van der Waals surface area contributed by atoms with Crippen molar-refractivity contribution in [3.63, 3.8) is 0 Å². The van der Waals surface area contributed by atoms with Gasteiger partial charge in [-0.2, -0.15) is 0 Å². The minimum atomic E-state index is 0.262. The van der Waals surface area contributed by atoms with E-state index < -0.39 is 0 Å². The summed E-state index contributed by atoms with van der Waals surface area (Å²) in [4.78, 5) is 8.65. The molecule has 0 amide bonds. The van der Waals surface area contributed by atoms with Crippen LogP contribution in [0.3, 0.4) is 0 Å². The molecule has 1 aromatic rings. The van der Waals surface area contributed by atoms with Gasteiger partial charge < -0.3 is 16.2 Å². The number of rotatable bonds is 4.